The third-order valence-electron chi connectivity index (χ3n) is 1.80. The molecule has 0 radical (unpaired) electrons. The number of nitrogens with zero attached hydrogens (tertiary/aromatic N) is 5. The van der Waals surface area contributed by atoms with Crippen LogP contribution >= 0.6 is 11.8 Å². The fourth-order valence-corrected chi connectivity index (χ4v) is 1.71. The van der Waals surface area contributed by atoms with Crippen molar-refractivity contribution in [1.82, 2.24) is 29.6 Å². The van der Waals surface area contributed by atoms with Gasteiger partial charge in [0.2, 0.25) is 5.91 Å². The van der Waals surface area contributed by atoms with Crippen molar-refractivity contribution in [1.29, 1.82) is 0 Å². The van der Waals surface area contributed by atoms with Crippen LogP contribution in [0, 0.1) is 0 Å². The maximum atomic E-state index is 11.5. The van der Waals surface area contributed by atoms with Gasteiger partial charge in [-0.15, -0.1) is 10.2 Å². The highest BCUT2D eigenvalue weighted by molar-refractivity contribution is 7.99. The van der Waals surface area contributed by atoms with Crippen LogP contribution in [0.3, 0.4) is 0 Å². The molecule has 10 heteroatoms. The number of carbonyl (C=O) groups excluding carboxylic acids is 1. The second kappa shape index (κ2) is 4.82. The third-order valence-corrected chi connectivity index (χ3v) is 2.83. The van der Waals surface area contributed by atoms with Crippen LogP contribution in [0.1, 0.15) is 0 Å². The highest BCUT2D eigenvalue weighted by Crippen LogP contribution is 2.12. The van der Waals surface area contributed by atoms with Crippen molar-refractivity contribution >= 4 is 17.7 Å². The monoisotopic (exact) mass is 255 g/mol. The quantitative estimate of drug-likeness (QED) is 0.647. The van der Waals surface area contributed by atoms with E-state index in [0.717, 1.165) is 4.68 Å². The van der Waals surface area contributed by atoms with Crippen LogP contribution in [0.25, 0.3) is 0 Å². The van der Waals surface area contributed by atoms with E-state index < -0.39 is 5.69 Å². The minimum Gasteiger partial charge on any atom is -0.312 e. The first kappa shape index (κ1) is 11.4. The lowest BCUT2D eigenvalue weighted by Gasteiger charge is -2.02. The molecule has 0 aliphatic rings. The molecule has 0 aliphatic heterocycles. The molecule has 2 rings (SSSR count). The Morgan fingerprint density at radius 1 is 1.59 bits per heavy atom. The Hall–Kier alpha value is -2.10. The van der Waals surface area contributed by atoms with Crippen molar-refractivity contribution in [2.45, 2.75) is 5.16 Å². The summed E-state index contributed by atoms with van der Waals surface area (Å²) in [5.41, 5.74) is 1.87. The van der Waals surface area contributed by atoms with Gasteiger partial charge in [-0.25, -0.2) is 9.89 Å². The first-order valence-corrected chi connectivity index (χ1v) is 5.54. The molecule has 0 saturated carbocycles. The summed E-state index contributed by atoms with van der Waals surface area (Å²) in [6, 6.07) is 0. The topological polar surface area (TPSA) is 110 Å². The number of aromatic nitrogens is 6. The Kier molecular flexibility index (Phi) is 3.23. The molecular formula is C7H9N7O2S. The summed E-state index contributed by atoms with van der Waals surface area (Å²) in [5.74, 6) is -0.203. The average Bonchev–Trinajstić information content (AvgIpc) is 2.86. The number of hydrogen-bond donors (Lipinski definition) is 2. The number of aromatic amines is 1. The smallest absolute Gasteiger partial charge is 0.312 e. The van der Waals surface area contributed by atoms with Crippen LogP contribution in [-0.2, 0) is 11.8 Å². The van der Waals surface area contributed by atoms with Gasteiger partial charge in [0.25, 0.3) is 0 Å². The second-order valence-corrected chi connectivity index (χ2v) is 4.02. The van der Waals surface area contributed by atoms with E-state index in [1.54, 1.807) is 17.9 Å². The van der Waals surface area contributed by atoms with Crippen molar-refractivity contribution in [2.24, 2.45) is 7.05 Å². The lowest BCUT2D eigenvalue weighted by molar-refractivity contribution is -0.114. The summed E-state index contributed by atoms with van der Waals surface area (Å²) >= 11 is 1.22. The molecule has 17 heavy (non-hydrogen) atoms. The Morgan fingerprint density at radius 3 is 3.00 bits per heavy atom. The third kappa shape index (κ3) is 2.72. The zero-order valence-corrected chi connectivity index (χ0v) is 9.64. The molecule has 0 unspecified atom stereocenters. The van der Waals surface area contributed by atoms with Gasteiger partial charge in [-0.05, 0) is 0 Å². The first-order valence-electron chi connectivity index (χ1n) is 4.55. The number of thioether (sulfide) groups is 1. The molecule has 2 heterocycles. The number of H-pyrrole nitrogens is 1. The summed E-state index contributed by atoms with van der Waals surface area (Å²) in [6.07, 6.45) is 2.73. The van der Waals surface area contributed by atoms with Gasteiger partial charge in [-0.1, -0.05) is 11.8 Å². The van der Waals surface area contributed by atoms with E-state index >= 15 is 0 Å². The van der Waals surface area contributed by atoms with E-state index in [1.807, 2.05) is 0 Å². The van der Waals surface area contributed by atoms with Crippen LogP contribution in [0.15, 0.2) is 22.6 Å². The van der Waals surface area contributed by atoms with Gasteiger partial charge < -0.3 is 4.57 Å². The number of amides is 1. The summed E-state index contributed by atoms with van der Waals surface area (Å²) in [7, 11) is 1.78. The van der Waals surface area contributed by atoms with Crippen LogP contribution in [0.4, 0.5) is 0 Å². The van der Waals surface area contributed by atoms with Crippen molar-refractivity contribution in [3.8, 4) is 0 Å². The Morgan fingerprint density at radius 2 is 2.41 bits per heavy atom. The molecule has 1 amide bonds. The molecule has 0 atom stereocenters. The van der Waals surface area contributed by atoms with Gasteiger partial charge in [-0.3, -0.25) is 10.2 Å². The van der Waals surface area contributed by atoms with Crippen LogP contribution < -0.4 is 11.1 Å². The van der Waals surface area contributed by atoms with Gasteiger partial charge in [0, 0.05) is 7.05 Å². The number of nitrogens with one attached hydrogen (secondary N) is 2. The Labute approximate surface area is 99.2 Å². The largest absolute Gasteiger partial charge is 0.362 e. The summed E-state index contributed by atoms with van der Waals surface area (Å²) in [4.78, 5) is 22.5. The van der Waals surface area contributed by atoms with Gasteiger partial charge in [0.1, 0.15) is 12.7 Å². The average molecular weight is 255 g/mol. The molecule has 0 aromatic carbocycles. The molecule has 0 saturated heterocycles. The molecule has 90 valence electrons. The molecule has 0 aliphatic carbocycles. The zero-order valence-electron chi connectivity index (χ0n) is 8.82. The minimum absolute atomic E-state index is 0.129. The maximum Gasteiger partial charge on any atom is 0.362 e. The van der Waals surface area contributed by atoms with E-state index in [9.17, 15) is 9.59 Å². The molecule has 2 aromatic rings. The minimum atomic E-state index is -0.498. The second-order valence-electron chi connectivity index (χ2n) is 3.08. The first-order chi connectivity index (χ1) is 8.16. The maximum absolute atomic E-state index is 11.5. The predicted octanol–water partition coefficient (Wildman–Crippen LogP) is -1.44. The Balaban J connectivity index is 1.89. The molecular weight excluding hydrogens is 246 g/mol. The lowest BCUT2D eigenvalue weighted by atomic mass is 10.7. The molecule has 2 N–H and O–H groups in total. The molecule has 0 fully saturated rings. The van der Waals surface area contributed by atoms with Gasteiger partial charge in [0.15, 0.2) is 5.16 Å². The van der Waals surface area contributed by atoms with E-state index in [2.05, 4.69) is 25.8 Å². The van der Waals surface area contributed by atoms with E-state index in [-0.39, 0.29) is 11.7 Å². The van der Waals surface area contributed by atoms with Crippen molar-refractivity contribution in [3.05, 3.63) is 23.1 Å². The van der Waals surface area contributed by atoms with Crippen LogP contribution in [-0.4, -0.2) is 41.3 Å². The number of rotatable bonds is 4. The summed E-state index contributed by atoms with van der Waals surface area (Å²) in [6.45, 7) is 0. The Bertz CT molecular complexity index is 571. The SMILES string of the molecule is Cn1cnnc1SCC(=O)Nn1cn[nH]c1=O. The van der Waals surface area contributed by atoms with E-state index in [4.69, 9.17) is 0 Å². The van der Waals surface area contributed by atoms with E-state index in [1.165, 1.54) is 18.1 Å². The highest BCUT2D eigenvalue weighted by atomic mass is 32.2. The molecule has 9 nitrogen and oxygen atoms in total. The van der Waals surface area contributed by atoms with Crippen LogP contribution in [0.2, 0.25) is 0 Å². The number of carbonyl (C=O) groups is 1. The van der Waals surface area contributed by atoms with Crippen LogP contribution in [0.5, 0.6) is 0 Å². The zero-order chi connectivity index (χ0) is 12.3. The van der Waals surface area contributed by atoms with Gasteiger partial charge >= 0.3 is 5.69 Å². The van der Waals surface area contributed by atoms with Crippen molar-refractivity contribution in [2.75, 3.05) is 11.2 Å². The van der Waals surface area contributed by atoms with E-state index in [0.29, 0.717) is 5.16 Å². The molecule has 2 aromatic heterocycles. The predicted molar refractivity (Wildman–Crippen MR) is 58.9 cm³/mol. The lowest BCUT2D eigenvalue weighted by Crippen LogP contribution is -2.31. The number of hydrogen-bond acceptors (Lipinski definition) is 6. The number of aryl methyl sites for hydroxylation is 1. The molecule has 0 spiro atoms. The normalized spacial score (nSPS) is 10.4. The van der Waals surface area contributed by atoms with Crippen molar-refractivity contribution in [3.63, 3.8) is 0 Å². The highest BCUT2D eigenvalue weighted by Gasteiger charge is 2.08. The van der Waals surface area contributed by atoms with Crippen molar-refractivity contribution < 1.29 is 4.79 Å². The fourth-order valence-electron chi connectivity index (χ4n) is 1.03. The van der Waals surface area contributed by atoms with Gasteiger partial charge in [0.05, 0.1) is 5.75 Å². The fraction of sp³-hybridized carbons (Fsp3) is 0.286. The van der Waals surface area contributed by atoms with Gasteiger partial charge in [-0.2, -0.15) is 9.77 Å². The molecule has 0 bridgehead atoms. The summed E-state index contributed by atoms with van der Waals surface area (Å²) in [5, 5.41) is 13.8. The summed E-state index contributed by atoms with van der Waals surface area (Å²) < 4.78 is 2.67. The standard InChI is InChI=1S/C7H9N7O2S/c1-13-3-8-11-7(13)17-2-5(15)12-14-4-9-10-6(14)16/h3-4H,2H2,1H3,(H,10,16)(H,12,15).